The van der Waals surface area contributed by atoms with Gasteiger partial charge in [0.2, 0.25) is 0 Å². The van der Waals surface area contributed by atoms with Crippen molar-refractivity contribution in [2.45, 2.75) is 31.2 Å². The highest BCUT2D eigenvalue weighted by molar-refractivity contribution is 7.86. The van der Waals surface area contributed by atoms with E-state index in [4.69, 9.17) is 10.00 Å². The highest BCUT2D eigenvalue weighted by atomic mass is 32.2. The van der Waals surface area contributed by atoms with E-state index < -0.39 is 10.2 Å². The molecule has 1 heterocycles. The summed E-state index contributed by atoms with van der Waals surface area (Å²) in [5.41, 5.74) is 2.39. The van der Waals surface area contributed by atoms with E-state index in [2.05, 4.69) is 6.07 Å². The largest absolute Gasteiger partial charge is 0.383 e. The Morgan fingerprint density at radius 3 is 2.75 bits per heavy atom. The van der Waals surface area contributed by atoms with Gasteiger partial charge in [-0.15, -0.1) is 0 Å². The molecule has 0 unspecified atom stereocenters. The normalized spacial score (nSPS) is 19.2. The van der Waals surface area contributed by atoms with Gasteiger partial charge in [-0.05, 0) is 24.0 Å². The number of rotatable bonds is 7. The molecular formula is C17H23N3O3S. The molecule has 0 saturated heterocycles. The summed E-state index contributed by atoms with van der Waals surface area (Å²) in [7, 11) is -2.06. The van der Waals surface area contributed by atoms with Crippen LogP contribution in [0.3, 0.4) is 0 Å². The van der Waals surface area contributed by atoms with Crippen LogP contribution in [-0.2, 0) is 26.9 Å². The minimum atomic E-state index is -3.61. The Hall–Kier alpha value is -1.46. The van der Waals surface area contributed by atoms with Crippen molar-refractivity contribution in [1.82, 2.24) is 8.61 Å². The van der Waals surface area contributed by atoms with Crippen molar-refractivity contribution in [3.63, 3.8) is 0 Å². The number of hydrogen-bond donors (Lipinski definition) is 0. The predicted molar refractivity (Wildman–Crippen MR) is 90.4 cm³/mol. The molecule has 1 aliphatic carbocycles. The molecule has 3 rings (SSSR count). The number of ether oxygens (including phenoxy) is 1. The second-order valence-corrected chi connectivity index (χ2v) is 8.44. The lowest BCUT2D eigenvalue weighted by Crippen LogP contribution is -2.49. The summed E-state index contributed by atoms with van der Waals surface area (Å²) in [5, 5.41) is 8.82. The summed E-state index contributed by atoms with van der Waals surface area (Å²) in [6, 6.07) is 10.2. The molecule has 24 heavy (non-hydrogen) atoms. The Kier molecular flexibility index (Phi) is 4.92. The number of methoxy groups -OCH3 is 1. The van der Waals surface area contributed by atoms with Gasteiger partial charge in [-0.1, -0.05) is 24.3 Å². The molecule has 1 aromatic rings. The summed E-state index contributed by atoms with van der Waals surface area (Å²) < 4.78 is 34.2. The van der Waals surface area contributed by atoms with Crippen LogP contribution < -0.4 is 0 Å². The van der Waals surface area contributed by atoms with Crippen LogP contribution in [0, 0.1) is 11.3 Å². The van der Waals surface area contributed by atoms with Gasteiger partial charge >= 0.3 is 0 Å². The third-order valence-corrected chi connectivity index (χ3v) is 6.87. The molecule has 0 amide bonds. The molecule has 1 aromatic carbocycles. The highest BCUT2D eigenvalue weighted by Gasteiger charge is 2.51. The maximum atomic E-state index is 13.1. The number of benzene rings is 1. The molecule has 1 saturated carbocycles. The summed E-state index contributed by atoms with van der Waals surface area (Å²) >= 11 is 0. The molecule has 1 aliphatic heterocycles. The van der Waals surface area contributed by atoms with Gasteiger partial charge in [-0.3, -0.25) is 0 Å². The SMILES string of the molecule is COCCN(CCC#N)S(=O)(=O)N1Cc2ccccc2C2(CC2)C1. The second kappa shape index (κ2) is 6.81. The van der Waals surface area contributed by atoms with E-state index >= 15 is 0 Å². The van der Waals surface area contributed by atoms with Gasteiger partial charge in [0.15, 0.2) is 0 Å². The molecule has 1 spiro atoms. The standard InChI is InChI=1S/C17H23N3O3S/c1-23-12-11-19(10-4-9-18)24(21,22)20-13-15-5-2-3-6-16(15)17(14-20)7-8-17/h2-3,5-6H,4,7-8,10-14H2,1H3. The molecule has 2 aliphatic rings. The van der Waals surface area contributed by atoms with Crippen molar-refractivity contribution in [3.8, 4) is 6.07 Å². The van der Waals surface area contributed by atoms with Gasteiger partial charge in [0.05, 0.1) is 12.7 Å². The van der Waals surface area contributed by atoms with Gasteiger partial charge < -0.3 is 4.74 Å². The van der Waals surface area contributed by atoms with Crippen molar-refractivity contribution < 1.29 is 13.2 Å². The highest BCUT2D eigenvalue weighted by Crippen LogP contribution is 2.52. The van der Waals surface area contributed by atoms with E-state index in [0.717, 1.165) is 18.4 Å². The Labute approximate surface area is 143 Å². The zero-order valence-corrected chi connectivity index (χ0v) is 14.8. The Morgan fingerprint density at radius 2 is 2.08 bits per heavy atom. The first-order chi connectivity index (χ1) is 11.5. The van der Waals surface area contributed by atoms with Crippen LogP contribution in [0.15, 0.2) is 24.3 Å². The van der Waals surface area contributed by atoms with E-state index in [1.165, 1.54) is 9.87 Å². The fraction of sp³-hybridized carbons (Fsp3) is 0.588. The summed E-state index contributed by atoms with van der Waals surface area (Å²) in [5.74, 6) is 0. The zero-order valence-electron chi connectivity index (χ0n) is 13.9. The van der Waals surface area contributed by atoms with Crippen LogP contribution in [0.1, 0.15) is 30.4 Å². The van der Waals surface area contributed by atoms with Crippen LogP contribution in [0.2, 0.25) is 0 Å². The average Bonchev–Trinajstić information content (AvgIpc) is 3.34. The Bertz CT molecular complexity index is 738. The van der Waals surface area contributed by atoms with Gasteiger partial charge in [0, 0.05) is 45.1 Å². The number of nitrogens with zero attached hydrogens (tertiary/aromatic N) is 3. The summed E-state index contributed by atoms with van der Waals surface area (Å²) in [6.07, 6.45) is 2.25. The van der Waals surface area contributed by atoms with Crippen molar-refractivity contribution in [2.75, 3.05) is 33.4 Å². The maximum absolute atomic E-state index is 13.1. The van der Waals surface area contributed by atoms with E-state index in [1.807, 2.05) is 24.3 Å². The molecule has 130 valence electrons. The summed E-state index contributed by atoms with van der Waals surface area (Å²) in [6.45, 7) is 1.72. The lowest BCUT2D eigenvalue weighted by Gasteiger charge is -2.37. The third-order valence-electron chi connectivity index (χ3n) is 4.94. The smallest absolute Gasteiger partial charge is 0.282 e. The minimum absolute atomic E-state index is 0.00985. The molecule has 0 bridgehead atoms. The first-order valence-corrected chi connectivity index (χ1v) is 9.63. The number of nitriles is 1. The predicted octanol–water partition coefficient (Wildman–Crippen LogP) is 1.64. The van der Waals surface area contributed by atoms with E-state index in [9.17, 15) is 8.42 Å². The van der Waals surface area contributed by atoms with Crippen molar-refractivity contribution in [1.29, 1.82) is 5.26 Å². The topological polar surface area (TPSA) is 73.6 Å². The number of hydrogen-bond acceptors (Lipinski definition) is 4. The first-order valence-electron chi connectivity index (χ1n) is 8.23. The Balaban J connectivity index is 1.85. The van der Waals surface area contributed by atoms with E-state index in [0.29, 0.717) is 19.7 Å². The fourth-order valence-electron chi connectivity index (χ4n) is 3.46. The van der Waals surface area contributed by atoms with Crippen molar-refractivity contribution >= 4 is 10.2 Å². The first kappa shape index (κ1) is 17.4. The van der Waals surface area contributed by atoms with Crippen LogP contribution in [0.25, 0.3) is 0 Å². The third kappa shape index (κ3) is 3.20. The molecule has 0 radical (unpaired) electrons. The Morgan fingerprint density at radius 1 is 1.33 bits per heavy atom. The van der Waals surface area contributed by atoms with Gasteiger partial charge in [-0.25, -0.2) is 0 Å². The van der Waals surface area contributed by atoms with Crippen LogP contribution >= 0.6 is 0 Å². The van der Waals surface area contributed by atoms with Crippen LogP contribution in [-0.4, -0.2) is 50.4 Å². The quantitative estimate of drug-likeness (QED) is 0.750. The number of fused-ring (bicyclic) bond motifs is 2. The molecule has 1 fully saturated rings. The van der Waals surface area contributed by atoms with Crippen LogP contribution in [0.4, 0.5) is 0 Å². The monoisotopic (exact) mass is 349 g/mol. The summed E-state index contributed by atoms with van der Waals surface area (Å²) in [4.78, 5) is 0. The lowest BCUT2D eigenvalue weighted by atomic mass is 9.88. The molecule has 0 aromatic heterocycles. The van der Waals surface area contributed by atoms with Gasteiger partial charge in [0.1, 0.15) is 0 Å². The van der Waals surface area contributed by atoms with Crippen molar-refractivity contribution in [3.05, 3.63) is 35.4 Å². The lowest BCUT2D eigenvalue weighted by molar-refractivity contribution is 0.175. The molecule has 7 heteroatoms. The molecule has 0 atom stereocenters. The van der Waals surface area contributed by atoms with Crippen molar-refractivity contribution in [2.24, 2.45) is 0 Å². The maximum Gasteiger partial charge on any atom is 0.282 e. The van der Waals surface area contributed by atoms with Gasteiger partial charge in [-0.2, -0.15) is 22.3 Å². The fourth-order valence-corrected chi connectivity index (χ4v) is 5.13. The van der Waals surface area contributed by atoms with Gasteiger partial charge in [0.25, 0.3) is 10.2 Å². The molecular weight excluding hydrogens is 326 g/mol. The van der Waals surface area contributed by atoms with E-state index in [-0.39, 0.29) is 24.9 Å². The average molecular weight is 349 g/mol. The molecule has 6 nitrogen and oxygen atoms in total. The minimum Gasteiger partial charge on any atom is -0.383 e. The van der Waals surface area contributed by atoms with Crippen LogP contribution in [0.5, 0.6) is 0 Å². The van der Waals surface area contributed by atoms with E-state index in [1.54, 1.807) is 11.4 Å². The zero-order chi connectivity index (χ0) is 17.2. The molecule has 0 N–H and O–H groups in total. The second-order valence-electron chi connectivity index (χ2n) is 6.51.